The van der Waals surface area contributed by atoms with Gasteiger partial charge < -0.3 is 0 Å². The lowest BCUT2D eigenvalue weighted by molar-refractivity contribution is 0.0840. The summed E-state index contributed by atoms with van der Waals surface area (Å²) in [5.74, 6) is -0.633. The lowest BCUT2D eigenvalue weighted by atomic mass is 10.1. The maximum absolute atomic E-state index is 10.9. The van der Waals surface area contributed by atoms with Crippen LogP contribution in [0.5, 0.6) is 0 Å². The van der Waals surface area contributed by atoms with Crippen LogP contribution in [0.3, 0.4) is 0 Å². The largest absolute Gasteiger partial charge is 0.288 e. The number of imide groups is 1. The summed E-state index contributed by atoms with van der Waals surface area (Å²) < 4.78 is 0. The second-order valence-electron chi connectivity index (χ2n) is 2.77. The zero-order chi connectivity index (χ0) is 10.6. The molecule has 2 bridgehead atoms. The minimum atomic E-state index is -0.317. The van der Waals surface area contributed by atoms with E-state index in [0.29, 0.717) is 11.1 Å². The predicted octanol–water partition coefficient (Wildman–Crippen LogP) is 1.76. The highest BCUT2D eigenvalue weighted by atomic mass is 16.2. The van der Waals surface area contributed by atoms with E-state index in [1.165, 1.54) is 0 Å². The molecule has 0 atom stereocenters. The van der Waals surface area contributed by atoms with E-state index in [1.54, 1.807) is 30.3 Å². The summed E-state index contributed by atoms with van der Waals surface area (Å²) in [7, 11) is 0. The standard InChI is InChI=1S/C8H5NO2.C3H6/c10-7-5-2-1-3-6(4-5)8(11)9-7;1-3-2/h1-4H,(H,9,10,11);3H,1H2,2H3. The molecule has 0 aliphatic carbocycles. The summed E-state index contributed by atoms with van der Waals surface area (Å²) in [4.78, 5) is 21.9. The minimum Gasteiger partial charge on any atom is -0.288 e. The molecule has 1 aromatic carbocycles. The lowest BCUT2D eigenvalue weighted by Gasteiger charge is -2.10. The van der Waals surface area contributed by atoms with Gasteiger partial charge in [0.05, 0.1) is 0 Å². The first kappa shape index (κ1) is 10.2. The first-order chi connectivity index (χ1) is 6.69. The molecule has 0 fully saturated rings. The first-order valence-corrected chi connectivity index (χ1v) is 4.22. The third-order valence-electron chi connectivity index (χ3n) is 1.61. The van der Waals surface area contributed by atoms with E-state index in [-0.39, 0.29) is 11.8 Å². The summed E-state index contributed by atoms with van der Waals surface area (Å²) in [6.45, 7) is 5.25. The number of rotatable bonds is 0. The van der Waals surface area contributed by atoms with Crippen molar-refractivity contribution in [2.24, 2.45) is 0 Å². The quantitative estimate of drug-likeness (QED) is 0.499. The zero-order valence-electron chi connectivity index (χ0n) is 7.91. The number of amides is 2. The molecule has 1 N–H and O–H groups in total. The molecule has 2 rings (SSSR count). The van der Waals surface area contributed by atoms with E-state index < -0.39 is 0 Å². The Hall–Kier alpha value is -1.90. The summed E-state index contributed by atoms with van der Waals surface area (Å²) in [6.07, 6.45) is 1.75. The Labute approximate surface area is 82.4 Å². The Bertz CT molecular complexity index is 353. The molecule has 3 heteroatoms. The van der Waals surface area contributed by atoms with Crippen LogP contribution < -0.4 is 5.32 Å². The molecule has 14 heavy (non-hydrogen) atoms. The molecule has 1 aliphatic rings. The zero-order valence-corrected chi connectivity index (χ0v) is 7.91. The van der Waals surface area contributed by atoms with Crippen LogP contribution in [0, 0.1) is 0 Å². The van der Waals surface area contributed by atoms with Crippen molar-refractivity contribution in [1.29, 1.82) is 0 Å². The van der Waals surface area contributed by atoms with Crippen molar-refractivity contribution in [3.05, 3.63) is 48.0 Å². The molecular weight excluding hydrogens is 178 g/mol. The molecule has 0 unspecified atom stereocenters. The molecule has 0 saturated heterocycles. The fraction of sp³-hybridized carbons (Fsp3) is 0.0909. The van der Waals surface area contributed by atoms with Crippen LogP contribution in [0.1, 0.15) is 27.6 Å². The van der Waals surface area contributed by atoms with Crippen molar-refractivity contribution in [3.8, 4) is 0 Å². The fourth-order valence-electron chi connectivity index (χ4n) is 1.05. The van der Waals surface area contributed by atoms with E-state index in [1.807, 2.05) is 6.92 Å². The third kappa shape index (κ3) is 2.07. The van der Waals surface area contributed by atoms with Gasteiger partial charge in [0.2, 0.25) is 0 Å². The van der Waals surface area contributed by atoms with E-state index in [9.17, 15) is 9.59 Å². The van der Waals surface area contributed by atoms with Crippen LogP contribution in [0.15, 0.2) is 36.9 Å². The second-order valence-corrected chi connectivity index (χ2v) is 2.77. The summed E-state index contributed by atoms with van der Waals surface area (Å²) in [5, 5.41) is 2.22. The molecule has 0 spiro atoms. The lowest BCUT2D eigenvalue weighted by Crippen LogP contribution is -2.34. The van der Waals surface area contributed by atoms with Gasteiger partial charge >= 0.3 is 0 Å². The molecule has 0 aromatic heterocycles. The van der Waals surface area contributed by atoms with Crippen LogP contribution in [0.2, 0.25) is 0 Å². The molecule has 3 nitrogen and oxygen atoms in total. The van der Waals surface area contributed by atoms with Gasteiger partial charge in [-0.15, -0.1) is 6.58 Å². The van der Waals surface area contributed by atoms with Crippen LogP contribution >= 0.6 is 0 Å². The van der Waals surface area contributed by atoms with Gasteiger partial charge in [0.25, 0.3) is 11.8 Å². The number of hydrogen-bond acceptors (Lipinski definition) is 2. The summed E-state index contributed by atoms with van der Waals surface area (Å²) in [6, 6.07) is 6.62. The third-order valence-corrected chi connectivity index (χ3v) is 1.61. The SMILES string of the molecule is C=CC.O=C1NC(=O)c2cccc1c2. The maximum atomic E-state index is 10.9. The highest BCUT2D eigenvalue weighted by molar-refractivity contribution is 6.14. The van der Waals surface area contributed by atoms with Crippen molar-refractivity contribution in [2.75, 3.05) is 0 Å². The first-order valence-electron chi connectivity index (χ1n) is 4.22. The van der Waals surface area contributed by atoms with Gasteiger partial charge in [-0.3, -0.25) is 14.9 Å². The maximum Gasteiger partial charge on any atom is 0.258 e. The average molecular weight is 189 g/mol. The van der Waals surface area contributed by atoms with Crippen molar-refractivity contribution >= 4 is 11.8 Å². The topological polar surface area (TPSA) is 46.2 Å². The van der Waals surface area contributed by atoms with Gasteiger partial charge in [0.15, 0.2) is 0 Å². The average Bonchev–Trinajstić information content (AvgIpc) is 2.17. The molecule has 1 aliphatic heterocycles. The van der Waals surface area contributed by atoms with Crippen molar-refractivity contribution in [1.82, 2.24) is 5.32 Å². The van der Waals surface area contributed by atoms with E-state index in [4.69, 9.17) is 0 Å². The van der Waals surface area contributed by atoms with Gasteiger partial charge in [-0.25, -0.2) is 0 Å². The molecular formula is C11H11NO2. The highest BCUT2D eigenvalue weighted by Gasteiger charge is 2.18. The monoisotopic (exact) mass is 189 g/mol. The van der Waals surface area contributed by atoms with Gasteiger partial charge in [0.1, 0.15) is 0 Å². The van der Waals surface area contributed by atoms with Crippen LogP contribution in [0.25, 0.3) is 0 Å². The fourth-order valence-corrected chi connectivity index (χ4v) is 1.05. The minimum absolute atomic E-state index is 0.317. The Morgan fingerprint density at radius 2 is 1.64 bits per heavy atom. The predicted molar refractivity (Wildman–Crippen MR) is 54.1 cm³/mol. The normalized spacial score (nSPS) is 12.4. The number of hydrogen-bond donors (Lipinski definition) is 1. The number of benzene rings is 1. The highest BCUT2D eigenvalue weighted by Crippen LogP contribution is 2.09. The second kappa shape index (κ2) is 4.37. The number of carbonyl (C=O) groups excluding carboxylic acids is 2. The van der Waals surface area contributed by atoms with Crippen LogP contribution in [0.4, 0.5) is 0 Å². The Balaban J connectivity index is 0.000000293. The van der Waals surface area contributed by atoms with Crippen molar-refractivity contribution in [3.63, 3.8) is 0 Å². The number of carbonyl (C=O) groups is 2. The van der Waals surface area contributed by atoms with Gasteiger partial charge in [-0.05, 0) is 25.1 Å². The van der Waals surface area contributed by atoms with Gasteiger partial charge in [0, 0.05) is 11.1 Å². The number of fused-ring (bicyclic) bond motifs is 2. The van der Waals surface area contributed by atoms with Crippen molar-refractivity contribution in [2.45, 2.75) is 6.92 Å². The number of allylic oxidation sites excluding steroid dienone is 1. The molecule has 0 radical (unpaired) electrons. The van der Waals surface area contributed by atoms with Gasteiger partial charge in [-0.2, -0.15) is 0 Å². The molecule has 72 valence electrons. The van der Waals surface area contributed by atoms with E-state index in [0.717, 1.165) is 0 Å². The Morgan fingerprint density at radius 3 is 2.07 bits per heavy atom. The van der Waals surface area contributed by atoms with Crippen molar-refractivity contribution < 1.29 is 9.59 Å². The molecule has 1 aromatic rings. The Kier molecular flexibility index (Phi) is 3.18. The van der Waals surface area contributed by atoms with E-state index in [2.05, 4.69) is 11.9 Å². The smallest absolute Gasteiger partial charge is 0.258 e. The summed E-state index contributed by atoms with van der Waals surface area (Å²) in [5.41, 5.74) is 1.09. The summed E-state index contributed by atoms with van der Waals surface area (Å²) >= 11 is 0. The van der Waals surface area contributed by atoms with Crippen LogP contribution in [-0.2, 0) is 0 Å². The molecule has 2 amide bonds. The van der Waals surface area contributed by atoms with Crippen LogP contribution in [-0.4, -0.2) is 11.8 Å². The number of nitrogens with one attached hydrogen (secondary N) is 1. The molecule has 1 heterocycles. The molecule has 0 saturated carbocycles. The van der Waals surface area contributed by atoms with E-state index >= 15 is 0 Å². The van der Waals surface area contributed by atoms with Gasteiger partial charge in [-0.1, -0.05) is 12.1 Å². The Morgan fingerprint density at radius 1 is 1.21 bits per heavy atom.